The zero-order chi connectivity index (χ0) is 33.8. The number of imidazole rings is 1. The molecule has 244 valence electrons. The van der Waals surface area contributed by atoms with Crippen LogP contribution in [0.25, 0.3) is 56.0 Å². The molecule has 0 amide bonds. The second kappa shape index (κ2) is 17.0. The summed E-state index contributed by atoms with van der Waals surface area (Å²) in [6.07, 6.45) is 10.8. The maximum absolute atomic E-state index is 14.4. The lowest BCUT2D eigenvalue weighted by Crippen LogP contribution is -2.28. The SMILES string of the molecule is C=C.C=C.CC.CNCc1cc(F)cc(-c2nccc3[nH]c(-c4[nH]nc5ncc(-c6cncc(CC7CCNCC7)c6)cc45)nc23)c1. The van der Waals surface area contributed by atoms with Gasteiger partial charge in [0, 0.05) is 48.0 Å². The van der Waals surface area contributed by atoms with Crippen LogP contribution >= 0.6 is 0 Å². The van der Waals surface area contributed by atoms with E-state index in [0.717, 1.165) is 52.8 Å². The molecule has 0 spiro atoms. The Morgan fingerprint density at radius 1 is 0.894 bits per heavy atom. The first kappa shape index (κ1) is 34.8. The average Bonchev–Trinajstić information content (AvgIpc) is 3.75. The van der Waals surface area contributed by atoms with E-state index in [1.54, 1.807) is 6.20 Å². The molecule has 1 aromatic carbocycles. The van der Waals surface area contributed by atoms with Gasteiger partial charge in [-0.25, -0.2) is 14.4 Å². The van der Waals surface area contributed by atoms with Crippen molar-refractivity contribution in [3.63, 3.8) is 0 Å². The molecule has 0 atom stereocenters. The number of nitrogens with zero attached hydrogens (tertiary/aromatic N) is 5. The van der Waals surface area contributed by atoms with Gasteiger partial charge in [0.1, 0.15) is 17.0 Å². The molecule has 1 aliphatic rings. The van der Waals surface area contributed by atoms with E-state index in [4.69, 9.17) is 4.98 Å². The number of hydrogen-bond donors (Lipinski definition) is 4. The summed E-state index contributed by atoms with van der Waals surface area (Å²) < 4.78 is 14.4. The minimum absolute atomic E-state index is 0.310. The lowest BCUT2D eigenvalue weighted by Gasteiger charge is -2.22. The Morgan fingerprint density at radius 2 is 1.64 bits per heavy atom. The minimum Gasteiger partial charge on any atom is -0.337 e. The molecule has 4 N–H and O–H groups in total. The van der Waals surface area contributed by atoms with E-state index in [1.165, 1.54) is 30.5 Å². The van der Waals surface area contributed by atoms with Crippen LogP contribution in [0.4, 0.5) is 4.39 Å². The van der Waals surface area contributed by atoms with Crippen molar-refractivity contribution in [2.75, 3.05) is 20.1 Å². The number of pyridine rings is 3. The normalized spacial score (nSPS) is 12.8. The fourth-order valence-corrected chi connectivity index (χ4v) is 5.77. The number of H-pyrrole nitrogens is 2. The fourth-order valence-electron chi connectivity index (χ4n) is 5.77. The molecule has 7 rings (SSSR count). The molecule has 6 heterocycles. The largest absolute Gasteiger partial charge is 0.337 e. The van der Waals surface area contributed by atoms with Gasteiger partial charge in [0.05, 0.1) is 16.6 Å². The topological polar surface area (TPSA) is 120 Å². The van der Waals surface area contributed by atoms with Crippen molar-refractivity contribution < 1.29 is 4.39 Å². The first-order valence-corrected chi connectivity index (χ1v) is 15.9. The standard InChI is InChI=1S/C31H30FN9.C2H6.2C2H4/c1-33-14-20-9-21(12-24(32)11-20)27-29-26(4-7-36-27)38-31(39-29)28-25-13-23(17-37-30(25)41-40-28)22-10-19(15-35-16-22)8-18-2-5-34-6-3-18;3*1-2/h4,7,9-13,15-18,33-34H,2-3,5-6,8,14H2,1H3,(H,38,39)(H,37,40,41);1-2H3;2*1-2H2. The molecule has 10 heteroatoms. The van der Waals surface area contributed by atoms with Crippen LogP contribution in [0.15, 0.2) is 87.5 Å². The van der Waals surface area contributed by atoms with E-state index in [0.29, 0.717) is 40.7 Å². The van der Waals surface area contributed by atoms with Gasteiger partial charge in [-0.3, -0.25) is 15.1 Å². The van der Waals surface area contributed by atoms with E-state index in [2.05, 4.69) is 79.2 Å². The van der Waals surface area contributed by atoms with Gasteiger partial charge in [-0.1, -0.05) is 13.8 Å². The first-order valence-electron chi connectivity index (χ1n) is 15.9. The summed E-state index contributed by atoms with van der Waals surface area (Å²) in [6.45, 7) is 18.7. The van der Waals surface area contributed by atoms with E-state index in [9.17, 15) is 4.39 Å². The minimum atomic E-state index is -0.310. The Hall–Kier alpha value is -5.06. The summed E-state index contributed by atoms with van der Waals surface area (Å²) in [7, 11) is 1.83. The maximum Gasteiger partial charge on any atom is 0.181 e. The highest BCUT2D eigenvalue weighted by Gasteiger charge is 2.18. The zero-order valence-electron chi connectivity index (χ0n) is 27.5. The Kier molecular flexibility index (Phi) is 12.6. The third-order valence-corrected chi connectivity index (χ3v) is 7.77. The smallest absolute Gasteiger partial charge is 0.181 e. The third kappa shape index (κ3) is 8.03. The van der Waals surface area contributed by atoms with Gasteiger partial charge >= 0.3 is 0 Å². The molecule has 0 unspecified atom stereocenters. The molecule has 0 aliphatic carbocycles. The van der Waals surface area contributed by atoms with Crippen LogP contribution < -0.4 is 10.6 Å². The van der Waals surface area contributed by atoms with Crippen molar-refractivity contribution in [3.8, 4) is 33.9 Å². The third-order valence-electron chi connectivity index (χ3n) is 7.77. The summed E-state index contributed by atoms with van der Waals surface area (Å²) in [5.74, 6) is 0.985. The van der Waals surface area contributed by atoms with Crippen molar-refractivity contribution in [1.82, 2.24) is 45.8 Å². The number of piperidine rings is 1. The molecule has 9 nitrogen and oxygen atoms in total. The molecule has 1 saturated heterocycles. The van der Waals surface area contributed by atoms with Gasteiger partial charge in [0.2, 0.25) is 0 Å². The number of hydrogen-bond acceptors (Lipinski definition) is 7. The van der Waals surface area contributed by atoms with Crippen LogP contribution in [0.5, 0.6) is 0 Å². The molecule has 1 aliphatic heterocycles. The number of aromatic nitrogens is 7. The van der Waals surface area contributed by atoms with Crippen molar-refractivity contribution >= 4 is 22.1 Å². The van der Waals surface area contributed by atoms with Gasteiger partial charge in [-0.05, 0) is 92.8 Å². The predicted molar refractivity (Wildman–Crippen MR) is 191 cm³/mol. The lowest BCUT2D eigenvalue weighted by molar-refractivity contribution is 0.372. The Labute approximate surface area is 275 Å². The molecular weight excluding hydrogens is 589 g/mol. The van der Waals surface area contributed by atoms with E-state index < -0.39 is 0 Å². The lowest BCUT2D eigenvalue weighted by atomic mass is 9.91. The molecule has 5 aromatic heterocycles. The fraction of sp³-hybridized carbons (Fsp3) is 0.270. The van der Waals surface area contributed by atoms with Crippen molar-refractivity contribution in [2.45, 2.75) is 39.7 Å². The van der Waals surface area contributed by atoms with E-state index in [-0.39, 0.29) is 5.82 Å². The highest BCUT2D eigenvalue weighted by molar-refractivity contribution is 5.96. The van der Waals surface area contributed by atoms with Gasteiger partial charge in [0.25, 0.3) is 0 Å². The summed E-state index contributed by atoms with van der Waals surface area (Å²) in [4.78, 5) is 22.0. The highest BCUT2D eigenvalue weighted by Crippen LogP contribution is 2.32. The molecule has 0 radical (unpaired) electrons. The van der Waals surface area contributed by atoms with Gasteiger partial charge in [-0.2, -0.15) is 5.10 Å². The monoisotopic (exact) mass is 633 g/mol. The number of rotatable bonds is 7. The van der Waals surface area contributed by atoms with Crippen LogP contribution in [-0.2, 0) is 13.0 Å². The Bertz CT molecular complexity index is 1890. The molecular formula is C37H44FN9. The van der Waals surface area contributed by atoms with Crippen molar-refractivity contribution in [1.29, 1.82) is 0 Å². The van der Waals surface area contributed by atoms with Gasteiger partial charge in [0.15, 0.2) is 11.5 Å². The maximum atomic E-state index is 14.4. The molecule has 6 aromatic rings. The zero-order valence-corrected chi connectivity index (χ0v) is 27.5. The van der Waals surface area contributed by atoms with Gasteiger partial charge in [-0.15, -0.1) is 26.3 Å². The second-order valence-electron chi connectivity index (χ2n) is 10.7. The predicted octanol–water partition coefficient (Wildman–Crippen LogP) is 7.66. The number of aromatic amines is 2. The summed E-state index contributed by atoms with van der Waals surface area (Å²) in [6, 6.07) is 11.1. The molecule has 0 bridgehead atoms. The second-order valence-corrected chi connectivity index (χ2v) is 10.7. The van der Waals surface area contributed by atoms with E-state index in [1.807, 2.05) is 51.6 Å². The molecule has 47 heavy (non-hydrogen) atoms. The van der Waals surface area contributed by atoms with Crippen LogP contribution in [0.1, 0.15) is 37.8 Å². The van der Waals surface area contributed by atoms with Gasteiger partial charge < -0.3 is 15.6 Å². The van der Waals surface area contributed by atoms with Crippen LogP contribution in [0.2, 0.25) is 0 Å². The molecule has 0 saturated carbocycles. The number of nitrogens with one attached hydrogen (secondary N) is 4. The summed E-state index contributed by atoms with van der Waals surface area (Å²) in [5, 5.41) is 14.9. The van der Waals surface area contributed by atoms with Crippen molar-refractivity contribution in [2.24, 2.45) is 5.92 Å². The molecule has 1 fully saturated rings. The Balaban J connectivity index is 0.000000790. The number of halogens is 1. The summed E-state index contributed by atoms with van der Waals surface area (Å²) in [5.41, 5.74) is 8.15. The van der Waals surface area contributed by atoms with Crippen LogP contribution in [0.3, 0.4) is 0 Å². The average molecular weight is 634 g/mol. The highest BCUT2D eigenvalue weighted by atomic mass is 19.1. The van der Waals surface area contributed by atoms with E-state index >= 15 is 0 Å². The van der Waals surface area contributed by atoms with Crippen LogP contribution in [-0.4, -0.2) is 55.3 Å². The van der Waals surface area contributed by atoms with Crippen molar-refractivity contribution in [3.05, 3.63) is 104 Å². The number of benzene rings is 1. The quantitative estimate of drug-likeness (QED) is 0.133. The summed E-state index contributed by atoms with van der Waals surface area (Å²) >= 11 is 0. The van der Waals surface area contributed by atoms with Crippen LogP contribution in [0, 0.1) is 11.7 Å². The number of fused-ring (bicyclic) bond motifs is 2. The Morgan fingerprint density at radius 3 is 2.40 bits per heavy atom. The first-order chi connectivity index (χ1) is 23.1.